The molecule has 1 nitrogen and oxygen atoms in total. The normalized spacial score (nSPS) is 7.29. The summed E-state index contributed by atoms with van der Waals surface area (Å²) < 4.78 is 0. The number of nitrogens with zero attached hydrogens (tertiary/aromatic N) is 1. The Kier molecular flexibility index (Phi) is 25.0. The van der Waals surface area contributed by atoms with Crippen LogP contribution in [0.2, 0.25) is 0 Å². The molecule has 0 amide bonds. The fourth-order valence-electron chi connectivity index (χ4n) is 0.105. The maximum absolute atomic E-state index is 3.61. The molecule has 0 saturated heterocycles. The molecular formula is C6H13N. The average molecular weight is 99.2 g/mol. The second-order valence-electron chi connectivity index (χ2n) is 0.643. The first-order valence-electron chi connectivity index (χ1n) is 2.45. The van der Waals surface area contributed by atoms with E-state index < -0.39 is 0 Å². The molecule has 0 fully saturated rings. The molecule has 0 atom stereocenters. The minimum Gasteiger partial charge on any atom is -0.297 e. The first-order chi connectivity index (χ1) is 3.41. The quantitative estimate of drug-likeness (QED) is 0.445. The zero-order valence-electron chi connectivity index (χ0n) is 5.31. The Morgan fingerprint density at radius 3 is 1.86 bits per heavy atom. The van der Waals surface area contributed by atoms with Crippen molar-refractivity contribution in [3.63, 3.8) is 0 Å². The van der Waals surface area contributed by atoms with Gasteiger partial charge in [0.15, 0.2) is 0 Å². The summed E-state index contributed by atoms with van der Waals surface area (Å²) in [6.07, 6.45) is 3.28. The van der Waals surface area contributed by atoms with E-state index in [0.717, 1.165) is 0 Å². The Balaban J connectivity index is 0. The molecule has 0 saturated carbocycles. The molecule has 0 radical (unpaired) electrons. The maximum atomic E-state index is 3.61. The lowest BCUT2D eigenvalue weighted by atomic mass is 10.7. The third-order valence-corrected chi connectivity index (χ3v) is 0.254. The second-order valence-corrected chi connectivity index (χ2v) is 0.643. The molecule has 0 bridgehead atoms. The molecule has 0 rings (SSSR count). The standard InChI is InChI=1S/C4H7N.C2H6/c1-3-4-5-2;1-2/h3-4H,1H2,2H3;1-2H3. The maximum Gasteiger partial charge on any atom is 0.0277 e. The van der Waals surface area contributed by atoms with Crippen molar-refractivity contribution in [2.75, 3.05) is 7.05 Å². The van der Waals surface area contributed by atoms with Gasteiger partial charge < -0.3 is 0 Å². The fourth-order valence-corrected chi connectivity index (χ4v) is 0.105. The van der Waals surface area contributed by atoms with Gasteiger partial charge in [-0.05, 0) is 0 Å². The van der Waals surface area contributed by atoms with Crippen LogP contribution in [0.3, 0.4) is 0 Å². The summed E-state index contributed by atoms with van der Waals surface area (Å²) in [6, 6.07) is 0. The van der Waals surface area contributed by atoms with Crippen LogP contribution in [-0.2, 0) is 0 Å². The van der Waals surface area contributed by atoms with Crippen LogP contribution in [0.25, 0.3) is 0 Å². The SMILES string of the molecule is C=CC=NC.CC. The van der Waals surface area contributed by atoms with Crippen molar-refractivity contribution in [3.05, 3.63) is 12.7 Å². The Morgan fingerprint density at radius 2 is 1.86 bits per heavy atom. The number of aliphatic imine (C=N–C) groups is 1. The smallest absolute Gasteiger partial charge is 0.0277 e. The Morgan fingerprint density at radius 1 is 1.43 bits per heavy atom. The van der Waals surface area contributed by atoms with E-state index >= 15 is 0 Å². The highest BCUT2D eigenvalue weighted by Crippen LogP contribution is 1.48. The monoisotopic (exact) mass is 99.1 g/mol. The number of hydrogen-bond acceptors (Lipinski definition) is 1. The highest BCUT2D eigenvalue weighted by Gasteiger charge is 1.41. The number of rotatable bonds is 1. The first kappa shape index (κ1) is 9.65. The van der Waals surface area contributed by atoms with Gasteiger partial charge in [-0.3, -0.25) is 4.99 Å². The zero-order chi connectivity index (χ0) is 6.12. The van der Waals surface area contributed by atoms with Gasteiger partial charge in [-0.1, -0.05) is 26.5 Å². The van der Waals surface area contributed by atoms with Crippen LogP contribution in [0.4, 0.5) is 0 Å². The van der Waals surface area contributed by atoms with Crippen molar-refractivity contribution in [2.24, 2.45) is 4.99 Å². The molecule has 0 N–H and O–H groups in total. The van der Waals surface area contributed by atoms with E-state index in [1.54, 1.807) is 19.3 Å². The van der Waals surface area contributed by atoms with Crippen LogP contribution < -0.4 is 0 Å². The molecule has 1 heteroatoms. The minimum absolute atomic E-state index is 1.64. The Bertz CT molecular complexity index is 46.1. The Hall–Kier alpha value is -0.590. The topological polar surface area (TPSA) is 12.4 Å². The second kappa shape index (κ2) is 18.1. The predicted molar refractivity (Wildman–Crippen MR) is 36.0 cm³/mol. The van der Waals surface area contributed by atoms with Crippen molar-refractivity contribution in [3.8, 4) is 0 Å². The van der Waals surface area contributed by atoms with Crippen molar-refractivity contribution in [2.45, 2.75) is 13.8 Å². The predicted octanol–water partition coefficient (Wildman–Crippen LogP) is 1.90. The fraction of sp³-hybridized carbons (Fsp3) is 0.500. The average Bonchev–Trinajstić information content (AvgIpc) is 1.75. The molecule has 0 aliphatic rings. The van der Waals surface area contributed by atoms with Crippen molar-refractivity contribution in [1.82, 2.24) is 0 Å². The van der Waals surface area contributed by atoms with Gasteiger partial charge in [0.25, 0.3) is 0 Å². The zero-order valence-corrected chi connectivity index (χ0v) is 5.31. The Labute approximate surface area is 45.8 Å². The van der Waals surface area contributed by atoms with Gasteiger partial charge in [-0.2, -0.15) is 0 Å². The minimum atomic E-state index is 1.64. The molecule has 0 heterocycles. The highest BCUT2D eigenvalue weighted by atomic mass is 14.6. The highest BCUT2D eigenvalue weighted by molar-refractivity contribution is 5.69. The number of allylic oxidation sites excluding steroid dienone is 1. The van der Waals surface area contributed by atoms with Crippen molar-refractivity contribution in [1.29, 1.82) is 0 Å². The van der Waals surface area contributed by atoms with Gasteiger partial charge >= 0.3 is 0 Å². The van der Waals surface area contributed by atoms with Crippen LogP contribution >= 0.6 is 0 Å². The van der Waals surface area contributed by atoms with Gasteiger partial charge in [0.05, 0.1) is 0 Å². The lowest BCUT2D eigenvalue weighted by molar-refractivity contribution is 1.48. The van der Waals surface area contributed by atoms with Gasteiger partial charge in [-0.25, -0.2) is 0 Å². The summed E-state index contributed by atoms with van der Waals surface area (Å²) in [5.74, 6) is 0. The summed E-state index contributed by atoms with van der Waals surface area (Å²) in [7, 11) is 1.71. The summed E-state index contributed by atoms with van der Waals surface area (Å²) in [5, 5.41) is 0. The largest absolute Gasteiger partial charge is 0.297 e. The molecule has 0 aliphatic carbocycles. The molecule has 0 aromatic carbocycles. The van der Waals surface area contributed by atoms with Crippen LogP contribution in [0.1, 0.15) is 13.8 Å². The van der Waals surface area contributed by atoms with Crippen LogP contribution in [0, 0.1) is 0 Å². The van der Waals surface area contributed by atoms with E-state index in [1.165, 1.54) is 0 Å². The van der Waals surface area contributed by atoms with E-state index in [9.17, 15) is 0 Å². The summed E-state index contributed by atoms with van der Waals surface area (Å²) in [6.45, 7) is 7.40. The third-order valence-electron chi connectivity index (χ3n) is 0.254. The van der Waals surface area contributed by atoms with Gasteiger partial charge in [-0.15, -0.1) is 0 Å². The summed E-state index contributed by atoms with van der Waals surface area (Å²) in [5.41, 5.74) is 0. The van der Waals surface area contributed by atoms with E-state index in [2.05, 4.69) is 11.6 Å². The molecule has 0 aromatic heterocycles. The summed E-state index contributed by atoms with van der Waals surface area (Å²) in [4.78, 5) is 3.61. The van der Waals surface area contributed by atoms with Crippen molar-refractivity contribution >= 4 is 6.21 Å². The molecular weight excluding hydrogens is 86.1 g/mol. The van der Waals surface area contributed by atoms with Crippen LogP contribution in [0.15, 0.2) is 17.6 Å². The molecule has 0 spiro atoms. The molecule has 42 valence electrons. The summed E-state index contributed by atoms with van der Waals surface area (Å²) >= 11 is 0. The van der Waals surface area contributed by atoms with E-state index in [0.29, 0.717) is 0 Å². The van der Waals surface area contributed by atoms with Gasteiger partial charge in [0.2, 0.25) is 0 Å². The molecule has 7 heavy (non-hydrogen) atoms. The van der Waals surface area contributed by atoms with Crippen LogP contribution in [0.5, 0.6) is 0 Å². The molecule has 0 unspecified atom stereocenters. The van der Waals surface area contributed by atoms with E-state index in [1.807, 2.05) is 13.8 Å². The lowest BCUT2D eigenvalue weighted by Gasteiger charge is -1.58. The lowest BCUT2D eigenvalue weighted by Crippen LogP contribution is -1.53. The third kappa shape index (κ3) is 31.6. The number of hydrogen-bond donors (Lipinski definition) is 0. The first-order valence-corrected chi connectivity index (χ1v) is 2.45. The van der Waals surface area contributed by atoms with E-state index in [-0.39, 0.29) is 0 Å². The van der Waals surface area contributed by atoms with Crippen molar-refractivity contribution < 1.29 is 0 Å². The van der Waals surface area contributed by atoms with E-state index in [4.69, 9.17) is 0 Å². The molecule has 0 aromatic rings. The van der Waals surface area contributed by atoms with Crippen LogP contribution in [-0.4, -0.2) is 13.3 Å². The molecule has 0 aliphatic heterocycles. The van der Waals surface area contributed by atoms with Gasteiger partial charge in [0, 0.05) is 13.3 Å². The van der Waals surface area contributed by atoms with Gasteiger partial charge in [0.1, 0.15) is 0 Å².